The number of aromatic carboxylic acids is 2. The standard InChI is InChI=1S/2C24H52N.C14H10O5S/c2*1-5-9-13-17-21-25(22-18-14-10-6-2,23-19-15-11-7-3)24-20-16-12-8-4;15-13(16)9-5-1-3-7-11(9)20(19)12-8-4-2-6-10(12)14(17)18/h2*5-24H2,1-4H3;1-8H,(H,15,16)(H,17,18)/q2*+1;/p-2. The lowest BCUT2D eigenvalue weighted by atomic mass is 10.1. The van der Waals surface area contributed by atoms with Crippen LogP contribution in [0.4, 0.5) is 0 Å². The lowest BCUT2D eigenvalue weighted by Crippen LogP contribution is -2.50. The molecule has 70 heavy (non-hydrogen) atoms. The predicted octanol–water partition coefficient (Wildman–Crippen LogP) is 15.8. The number of hydrogen-bond donors (Lipinski definition) is 0. The molecule has 8 heteroatoms. The molecule has 0 unspecified atom stereocenters. The lowest BCUT2D eigenvalue weighted by Gasteiger charge is -2.39. The monoisotopic (exact) mass is 997 g/mol. The van der Waals surface area contributed by atoms with Crippen molar-refractivity contribution in [2.45, 2.75) is 271 Å². The summed E-state index contributed by atoms with van der Waals surface area (Å²) in [4.78, 5) is 22.0. The maximum absolute atomic E-state index is 12.4. The summed E-state index contributed by atoms with van der Waals surface area (Å²) in [6.45, 7) is 30.4. The number of hydrogen-bond acceptors (Lipinski definition) is 5. The number of carbonyl (C=O) groups excluding carboxylic acids is 2. The maximum Gasteiger partial charge on any atom is 0.0863 e. The van der Waals surface area contributed by atoms with Gasteiger partial charge in [-0.05, 0) is 115 Å². The van der Waals surface area contributed by atoms with Crippen LogP contribution in [0.25, 0.3) is 0 Å². The van der Waals surface area contributed by atoms with Crippen LogP contribution in [-0.4, -0.2) is 77.5 Å². The average molecular weight is 998 g/mol. The van der Waals surface area contributed by atoms with Gasteiger partial charge in [0.15, 0.2) is 0 Å². The van der Waals surface area contributed by atoms with Crippen molar-refractivity contribution in [3.05, 3.63) is 59.7 Å². The molecule has 2 aromatic rings. The number of nitrogens with zero attached hydrogens (tertiary/aromatic N) is 2. The smallest absolute Gasteiger partial charge is 0.0863 e. The van der Waals surface area contributed by atoms with Crippen molar-refractivity contribution in [2.75, 3.05) is 52.4 Å². The highest BCUT2D eigenvalue weighted by atomic mass is 32.2. The third-order valence-corrected chi connectivity index (χ3v) is 16.0. The lowest BCUT2D eigenvalue weighted by molar-refractivity contribution is -0.929. The molecule has 406 valence electrons. The van der Waals surface area contributed by atoms with Crippen molar-refractivity contribution in [3.63, 3.8) is 0 Å². The SMILES string of the molecule is CCCCCC[N+](CCCCCC)(CCCCCC)CCCCCC.CCCCCC[N+](CCCCCC)(CCCCCC)CCCCCC.O=C([O-])c1ccccc1S(=O)c1ccccc1C(=O)[O-]. The highest BCUT2D eigenvalue weighted by Gasteiger charge is 2.27. The second-order valence-corrected chi connectivity index (χ2v) is 22.2. The van der Waals surface area contributed by atoms with Gasteiger partial charge in [-0.3, -0.25) is 0 Å². The van der Waals surface area contributed by atoms with Crippen LogP contribution in [-0.2, 0) is 10.8 Å². The van der Waals surface area contributed by atoms with Gasteiger partial charge in [-0.1, -0.05) is 195 Å². The Kier molecular flexibility index (Phi) is 44.6. The summed E-state index contributed by atoms with van der Waals surface area (Å²) < 4.78 is 15.3. The Morgan fingerprint density at radius 2 is 0.514 bits per heavy atom. The predicted molar refractivity (Wildman–Crippen MR) is 299 cm³/mol. The zero-order valence-corrected chi connectivity index (χ0v) is 48.1. The zero-order chi connectivity index (χ0) is 52.0. The van der Waals surface area contributed by atoms with Crippen molar-refractivity contribution < 1.29 is 33.0 Å². The third-order valence-electron chi connectivity index (χ3n) is 14.5. The minimum Gasteiger partial charge on any atom is -0.545 e. The van der Waals surface area contributed by atoms with Gasteiger partial charge in [0.05, 0.1) is 84.9 Å². The first-order valence-corrected chi connectivity index (χ1v) is 30.9. The van der Waals surface area contributed by atoms with Crippen LogP contribution in [0, 0.1) is 0 Å². The first kappa shape index (κ1) is 67.5. The summed E-state index contributed by atoms with van der Waals surface area (Å²) >= 11 is 0. The molecule has 0 aromatic heterocycles. The number of quaternary nitrogens is 2. The normalized spacial score (nSPS) is 11.6. The van der Waals surface area contributed by atoms with E-state index in [4.69, 9.17) is 0 Å². The van der Waals surface area contributed by atoms with E-state index < -0.39 is 22.7 Å². The van der Waals surface area contributed by atoms with Crippen molar-refractivity contribution in [3.8, 4) is 0 Å². The fraction of sp³-hybridized carbons (Fsp3) is 0.774. The van der Waals surface area contributed by atoms with Crippen molar-refractivity contribution in [1.29, 1.82) is 0 Å². The Labute approximate surface area is 436 Å². The van der Waals surface area contributed by atoms with Crippen LogP contribution in [0.3, 0.4) is 0 Å². The molecule has 0 atom stereocenters. The quantitative estimate of drug-likeness (QED) is 0.0487. The van der Waals surface area contributed by atoms with Gasteiger partial charge in [0, 0.05) is 11.1 Å². The summed E-state index contributed by atoms with van der Waals surface area (Å²) in [5, 5.41) is 22.0. The Morgan fingerprint density at radius 3 is 0.686 bits per heavy atom. The van der Waals surface area contributed by atoms with Gasteiger partial charge in [0.1, 0.15) is 0 Å². The molecular formula is C62H112N2O5S. The summed E-state index contributed by atoms with van der Waals surface area (Å²) in [5.41, 5.74) is -0.474. The molecule has 0 aliphatic carbocycles. The molecule has 0 aliphatic heterocycles. The first-order valence-electron chi connectivity index (χ1n) is 29.7. The van der Waals surface area contributed by atoms with Crippen LogP contribution in [0.1, 0.15) is 282 Å². The van der Waals surface area contributed by atoms with Crippen molar-refractivity contribution in [1.82, 2.24) is 0 Å². The molecule has 0 spiro atoms. The number of carbonyl (C=O) groups is 2. The fourth-order valence-electron chi connectivity index (χ4n) is 10.0. The number of unbranched alkanes of at least 4 members (excludes halogenated alkanes) is 24. The van der Waals surface area contributed by atoms with E-state index in [0.717, 1.165) is 0 Å². The van der Waals surface area contributed by atoms with Gasteiger partial charge in [-0.2, -0.15) is 0 Å². The number of carboxylic acid groups (broad SMARTS) is 2. The van der Waals surface area contributed by atoms with E-state index in [2.05, 4.69) is 55.4 Å². The van der Waals surface area contributed by atoms with E-state index in [-0.39, 0.29) is 20.9 Å². The third kappa shape index (κ3) is 32.5. The Hall–Kier alpha value is -2.55. The summed E-state index contributed by atoms with van der Waals surface area (Å²) in [5.74, 6) is -2.94. The largest absolute Gasteiger partial charge is 0.545 e. The van der Waals surface area contributed by atoms with E-state index in [1.165, 1.54) is 315 Å². The van der Waals surface area contributed by atoms with E-state index in [9.17, 15) is 24.0 Å². The van der Waals surface area contributed by atoms with Crippen molar-refractivity contribution in [2.24, 2.45) is 0 Å². The topological polar surface area (TPSA) is 97.3 Å². The number of rotatable bonds is 44. The molecule has 0 N–H and O–H groups in total. The Morgan fingerprint density at radius 1 is 0.329 bits per heavy atom. The highest BCUT2D eigenvalue weighted by molar-refractivity contribution is 7.85. The molecule has 7 nitrogen and oxygen atoms in total. The van der Waals surface area contributed by atoms with Gasteiger partial charge in [-0.15, -0.1) is 0 Å². The average Bonchev–Trinajstić information content (AvgIpc) is 3.37. The van der Waals surface area contributed by atoms with Crippen LogP contribution >= 0.6 is 0 Å². The van der Waals surface area contributed by atoms with E-state index in [1.54, 1.807) is 0 Å². The highest BCUT2D eigenvalue weighted by Crippen LogP contribution is 2.24. The molecule has 0 saturated carbocycles. The Bertz CT molecular complexity index is 1330. The fourth-order valence-corrected chi connectivity index (χ4v) is 11.4. The molecule has 0 fully saturated rings. The zero-order valence-electron chi connectivity index (χ0n) is 47.2. The molecule has 0 aliphatic rings. The molecule has 0 bridgehead atoms. The van der Waals surface area contributed by atoms with Crippen LogP contribution < -0.4 is 10.2 Å². The molecule has 2 aromatic carbocycles. The van der Waals surface area contributed by atoms with Gasteiger partial charge in [-0.25, -0.2) is 4.21 Å². The van der Waals surface area contributed by atoms with E-state index in [0.29, 0.717) is 0 Å². The molecule has 0 radical (unpaired) electrons. The second-order valence-electron chi connectivity index (χ2n) is 20.8. The van der Waals surface area contributed by atoms with Crippen molar-refractivity contribution >= 4 is 22.7 Å². The second kappa shape index (κ2) is 46.3. The first-order chi connectivity index (χ1) is 34.0. The summed E-state index contributed by atoms with van der Waals surface area (Å²) in [6.07, 6.45) is 45.7. The van der Waals surface area contributed by atoms with Gasteiger partial charge in [0.25, 0.3) is 0 Å². The molecular weight excluding hydrogens is 885 g/mol. The minimum absolute atomic E-state index is 0.0128. The van der Waals surface area contributed by atoms with E-state index in [1.807, 2.05) is 0 Å². The number of benzene rings is 2. The number of carboxylic acids is 2. The molecule has 0 heterocycles. The van der Waals surface area contributed by atoms with Crippen LogP contribution in [0.5, 0.6) is 0 Å². The molecule has 0 saturated heterocycles. The molecule has 2 rings (SSSR count). The van der Waals surface area contributed by atoms with E-state index >= 15 is 0 Å². The van der Waals surface area contributed by atoms with Gasteiger partial charge in [0.2, 0.25) is 0 Å². The van der Waals surface area contributed by atoms with Crippen LogP contribution in [0.15, 0.2) is 58.3 Å². The summed E-state index contributed by atoms with van der Waals surface area (Å²) in [6, 6.07) is 11.2. The van der Waals surface area contributed by atoms with Gasteiger partial charge >= 0.3 is 0 Å². The maximum atomic E-state index is 12.4. The van der Waals surface area contributed by atoms with Crippen LogP contribution in [0.2, 0.25) is 0 Å². The Balaban J connectivity index is 0.00000103. The summed E-state index contributed by atoms with van der Waals surface area (Å²) in [7, 11) is -1.95. The minimum atomic E-state index is -1.95. The molecule has 0 amide bonds. The van der Waals surface area contributed by atoms with Gasteiger partial charge < -0.3 is 28.8 Å².